The largest absolute Gasteiger partial charge is 0.0741 e. The van der Waals surface area contributed by atoms with Gasteiger partial charge >= 0.3 is 0 Å². The van der Waals surface area contributed by atoms with Crippen LogP contribution in [0.25, 0.3) is 0 Å². The van der Waals surface area contributed by atoms with Gasteiger partial charge in [-0.15, -0.1) is 0 Å². The molecule has 0 aromatic rings. The molecule has 10 heavy (non-hydrogen) atoms. The van der Waals surface area contributed by atoms with Crippen LogP contribution in [0.2, 0.25) is 0 Å². The van der Waals surface area contributed by atoms with Gasteiger partial charge in [-0.1, -0.05) is 41.8 Å². The second kappa shape index (κ2) is 4.17. The molecule has 1 rings (SSSR count). The Morgan fingerprint density at radius 3 is 3.00 bits per heavy atom. The van der Waals surface area contributed by atoms with Gasteiger partial charge in [0.1, 0.15) is 0 Å². The molecule has 1 heteroatoms. The van der Waals surface area contributed by atoms with E-state index in [-0.39, 0.29) is 0 Å². The number of halogens is 1. The van der Waals surface area contributed by atoms with E-state index in [9.17, 15) is 0 Å². The summed E-state index contributed by atoms with van der Waals surface area (Å²) in [6.07, 6.45) is 9.06. The predicted molar refractivity (Wildman–Crippen MR) is 49.3 cm³/mol. The van der Waals surface area contributed by atoms with E-state index in [1.54, 1.807) is 0 Å². The molecule has 0 amide bonds. The molecule has 0 aromatic heterocycles. The highest BCUT2D eigenvalue weighted by Crippen LogP contribution is 2.29. The first-order chi connectivity index (χ1) is 4.83. The Labute approximate surface area is 71.8 Å². The van der Waals surface area contributed by atoms with Crippen LogP contribution < -0.4 is 0 Å². The molecule has 0 radical (unpaired) electrons. The van der Waals surface area contributed by atoms with Gasteiger partial charge < -0.3 is 0 Å². The fraction of sp³-hybridized carbons (Fsp3) is 0.778. The van der Waals surface area contributed by atoms with Crippen LogP contribution in [0.1, 0.15) is 39.0 Å². The fourth-order valence-corrected chi connectivity index (χ4v) is 1.94. The fourth-order valence-electron chi connectivity index (χ4n) is 1.53. The van der Waals surface area contributed by atoms with Gasteiger partial charge in [-0.05, 0) is 29.7 Å². The van der Waals surface area contributed by atoms with Crippen molar-refractivity contribution in [2.45, 2.75) is 39.0 Å². The molecule has 1 unspecified atom stereocenters. The SMILES string of the molecule is CCCC1CC=C(Br)CC1. The van der Waals surface area contributed by atoms with E-state index in [1.807, 2.05) is 0 Å². The van der Waals surface area contributed by atoms with E-state index in [1.165, 1.54) is 36.6 Å². The number of hydrogen-bond acceptors (Lipinski definition) is 0. The molecule has 0 spiro atoms. The van der Waals surface area contributed by atoms with Crippen LogP contribution in [-0.4, -0.2) is 0 Å². The third kappa shape index (κ3) is 2.45. The summed E-state index contributed by atoms with van der Waals surface area (Å²) in [6, 6.07) is 0. The lowest BCUT2D eigenvalue weighted by atomic mass is 9.91. The highest BCUT2D eigenvalue weighted by Gasteiger charge is 2.11. The Morgan fingerprint density at radius 1 is 1.70 bits per heavy atom. The van der Waals surface area contributed by atoms with E-state index >= 15 is 0 Å². The number of hydrogen-bond donors (Lipinski definition) is 0. The zero-order valence-corrected chi connectivity index (χ0v) is 8.15. The van der Waals surface area contributed by atoms with Gasteiger partial charge in [0.2, 0.25) is 0 Å². The average Bonchev–Trinajstić information content (AvgIpc) is 1.95. The Bertz CT molecular complexity index is 127. The van der Waals surface area contributed by atoms with Gasteiger partial charge in [0.25, 0.3) is 0 Å². The monoisotopic (exact) mass is 202 g/mol. The summed E-state index contributed by atoms with van der Waals surface area (Å²) in [4.78, 5) is 0. The normalized spacial score (nSPS) is 26.2. The van der Waals surface area contributed by atoms with Crippen molar-refractivity contribution < 1.29 is 0 Å². The van der Waals surface area contributed by atoms with Gasteiger partial charge in [-0.3, -0.25) is 0 Å². The van der Waals surface area contributed by atoms with E-state index in [0.29, 0.717) is 0 Å². The van der Waals surface area contributed by atoms with Crippen LogP contribution in [-0.2, 0) is 0 Å². The minimum Gasteiger partial charge on any atom is -0.0741 e. The summed E-state index contributed by atoms with van der Waals surface area (Å²) < 4.78 is 1.42. The molecule has 1 atom stereocenters. The molecule has 58 valence electrons. The summed E-state index contributed by atoms with van der Waals surface area (Å²) in [5.74, 6) is 0.978. The van der Waals surface area contributed by atoms with Gasteiger partial charge in [0.05, 0.1) is 0 Å². The quantitative estimate of drug-likeness (QED) is 0.639. The average molecular weight is 203 g/mol. The molecule has 1 aliphatic carbocycles. The molecular formula is C9H15Br. The van der Waals surface area contributed by atoms with Crippen molar-refractivity contribution >= 4 is 15.9 Å². The highest BCUT2D eigenvalue weighted by atomic mass is 79.9. The van der Waals surface area contributed by atoms with Crippen LogP contribution in [0.3, 0.4) is 0 Å². The molecule has 0 heterocycles. The molecule has 0 fully saturated rings. The van der Waals surface area contributed by atoms with E-state index in [4.69, 9.17) is 0 Å². The van der Waals surface area contributed by atoms with E-state index in [2.05, 4.69) is 28.9 Å². The number of rotatable bonds is 2. The Balaban J connectivity index is 2.27. The summed E-state index contributed by atoms with van der Waals surface area (Å²) in [5.41, 5.74) is 0. The van der Waals surface area contributed by atoms with Gasteiger partial charge in [-0.25, -0.2) is 0 Å². The minimum absolute atomic E-state index is 0.978. The molecule has 0 aromatic carbocycles. The van der Waals surface area contributed by atoms with Crippen LogP contribution in [0.5, 0.6) is 0 Å². The van der Waals surface area contributed by atoms with Crippen molar-refractivity contribution in [1.82, 2.24) is 0 Å². The first kappa shape index (κ1) is 8.32. The van der Waals surface area contributed by atoms with Crippen LogP contribution in [0.4, 0.5) is 0 Å². The molecule has 0 bridgehead atoms. The smallest absolute Gasteiger partial charge is 0.00890 e. The zero-order valence-electron chi connectivity index (χ0n) is 6.57. The lowest BCUT2D eigenvalue weighted by Gasteiger charge is -2.18. The number of allylic oxidation sites excluding steroid dienone is 2. The molecule has 0 saturated heterocycles. The van der Waals surface area contributed by atoms with Gasteiger partial charge in [-0.2, -0.15) is 0 Å². The summed E-state index contributed by atoms with van der Waals surface area (Å²) in [6.45, 7) is 2.27. The Hall–Kier alpha value is 0.220. The molecular weight excluding hydrogens is 188 g/mol. The van der Waals surface area contributed by atoms with Gasteiger partial charge in [0.15, 0.2) is 0 Å². The summed E-state index contributed by atoms with van der Waals surface area (Å²) in [7, 11) is 0. The van der Waals surface area contributed by atoms with Crippen molar-refractivity contribution in [2.75, 3.05) is 0 Å². The van der Waals surface area contributed by atoms with Crippen molar-refractivity contribution in [1.29, 1.82) is 0 Å². The third-order valence-corrected chi connectivity index (χ3v) is 2.88. The van der Waals surface area contributed by atoms with Crippen LogP contribution in [0.15, 0.2) is 10.6 Å². The second-order valence-electron chi connectivity index (χ2n) is 3.08. The van der Waals surface area contributed by atoms with Gasteiger partial charge in [0, 0.05) is 0 Å². The maximum absolute atomic E-state index is 3.53. The molecule has 0 N–H and O–H groups in total. The van der Waals surface area contributed by atoms with Crippen LogP contribution in [0, 0.1) is 5.92 Å². The summed E-state index contributed by atoms with van der Waals surface area (Å²) >= 11 is 3.53. The van der Waals surface area contributed by atoms with E-state index in [0.717, 1.165) is 5.92 Å². The molecule has 1 aliphatic rings. The summed E-state index contributed by atoms with van der Waals surface area (Å²) in [5, 5.41) is 0. The Kier molecular flexibility index (Phi) is 3.47. The van der Waals surface area contributed by atoms with Crippen molar-refractivity contribution in [3.8, 4) is 0 Å². The Morgan fingerprint density at radius 2 is 2.50 bits per heavy atom. The minimum atomic E-state index is 0.978. The van der Waals surface area contributed by atoms with E-state index < -0.39 is 0 Å². The highest BCUT2D eigenvalue weighted by molar-refractivity contribution is 9.11. The predicted octanol–water partition coefficient (Wildman–Crippen LogP) is 3.87. The standard InChI is InChI=1S/C9H15Br/c1-2-3-8-4-6-9(10)7-5-8/h6,8H,2-5,7H2,1H3. The topological polar surface area (TPSA) is 0 Å². The third-order valence-electron chi connectivity index (χ3n) is 2.16. The maximum atomic E-state index is 3.53. The first-order valence-electron chi connectivity index (χ1n) is 4.17. The zero-order chi connectivity index (χ0) is 7.40. The first-order valence-corrected chi connectivity index (χ1v) is 4.96. The molecule has 0 saturated carbocycles. The van der Waals surface area contributed by atoms with Crippen LogP contribution >= 0.6 is 15.9 Å². The lowest BCUT2D eigenvalue weighted by Crippen LogP contribution is -2.02. The lowest BCUT2D eigenvalue weighted by molar-refractivity contribution is 0.439. The second-order valence-corrected chi connectivity index (χ2v) is 4.10. The maximum Gasteiger partial charge on any atom is -0.00890 e. The van der Waals surface area contributed by atoms with Crippen molar-refractivity contribution in [3.63, 3.8) is 0 Å². The molecule has 0 aliphatic heterocycles. The van der Waals surface area contributed by atoms with Crippen molar-refractivity contribution in [3.05, 3.63) is 10.6 Å². The molecule has 0 nitrogen and oxygen atoms in total. The van der Waals surface area contributed by atoms with Crippen molar-refractivity contribution in [2.24, 2.45) is 5.92 Å².